The van der Waals surface area contributed by atoms with E-state index in [2.05, 4.69) is 66.0 Å². The molecule has 1 fully saturated rings. The highest BCUT2D eigenvalue weighted by atomic mass is 16.2. The fourth-order valence-electron chi connectivity index (χ4n) is 4.58. The smallest absolute Gasteiger partial charge is 0.270 e. The Morgan fingerprint density at radius 1 is 1.07 bits per heavy atom. The SMILES string of the molecule is Cc1cc(C)c2[nH]c(C(=O)N3CCC(N4[CH]Nc5ccccc54)CC3)cc2c1. The van der Waals surface area contributed by atoms with Crippen LogP contribution in [0.1, 0.15) is 34.5 Å². The molecular weight excluding hydrogens is 348 g/mol. The average Bonchev–Trinajstić information content (AvgIpc) is 3.32. The van der Waals surface area contributed by atoms with E-state index in [-0.39, 0.29) is 5.91 Å². The van der Waals surface area contributed by atoms with Crippen LogP contribution in [0.25, 0.3) is 10.9 Å². The second kappa shape index (κ2) is 6.59. The Balaban J connectivity index is 1.29. The Morgan fingerprint density at radius 3 is 2.68 bits per heavy atom. The van der Waals surface area contributed by atoms with Crippen molar-refractivity contribution >= 4 is 28.2 Å². The highest BCUT2D eigenvalue weighted by molar-refractivity contribution is 5.99. The summed E-state index contributed by atoms with van der Waals surface area (Å²) in [7, 11) is 0. The molecule has 5 heteroatoms. The molecule has 1 amide bonds. The molecule has 0 saturated carbocycles. The fourth-order valence-corrected chi connectivity index (χ4v) is 4.58. The number of aromatic amines is 1. The molecule has 2 aliphatic rings. The van der Waals surface area contributed by atoms with Crippen molar-refractivity contribution < 1.29 is 4.79 Å². The van der Waals surface area contributed by atoms with E-state index in [4.69, 9.17) is 0 Å². The summed E-state index contributed by atoms with van der Waals surface area (Å²) in [4.78, 5) is 20.7. The maximum atomic E-state index is 13.1. The monoisotopic (exact) mass is 373 g/mol. The van der Waals surface area contributed by atoms with Gasteiger partial charge in [-0.05, 0) is 56.5 Å². The van der Waals surface area contributed by atoms with Crippen LogP contribution in [-0.2, 0) is 0 Å². The van der Waals surface area contributed by atoms with Crippen LogP contribution < -0.4 is 10.2 Å². The first-order valence-electron chi connectivity index (χ1n) is 9.96. The van der Waals surface area contributed by atoms with E-state index in [1.54, 1.807) is 0 Å². The Kier molecular flexibility index (Phi) is 4.04. The second-order valence-corrected chi connectivity index (χ2v) is 7.95. The van der Waals surface area contributed by atoms with Crippen LogP contribution in [0, 0.1) is 20.5 Å². The van der Waals surface area contributed by atoms with Crippen molar-refractivity contribution in [3.8, 4) is 0 Å². The number of piperidine rings is 1. The van der Waals surface area contributed by atoms with Gasteiger partial charge >= 0.3 is 0 Å². The van der Waals surface area contributed by atoms with Crippen molar-refractivity contribution in [3.63, 3.8) is 0 Å². The third kappa shape index (κ3) is 2.82. The number of rotatable bonds is 2. The summed E-state index contributed by atoms with van der Waals surface area (Å²) in [5, 5.41) is 4.46. The third-order valence-electron chi connectivity index (χ3n) is 5.99. The Morgan fingerprint density at radius 2 is 1.86 bits per heavy atom. The fraction of sp³-hybridized carbons (Fsp3) is 0.304. The number of aryl methyl sites for hydroxylation is 2. The molecule has 0 spiro atoms. The normalized spacial score (nSPS) is 17.1. The summed E-state index contributed by atoms with van der Waals surface area (Å²) in [5.74, 6) is 0.107. The number of carbonyl (C=O) groups excluding carboxylic acids is 1. The molecule has 0 aliphatic carbocycles. The van der Waals surface area contributed by atoms with Gasteiger partial charge in [-0.2, -0.15) is 0 Å². The van der Waals surface area contributed by atoms with E-state index >= 15 is 0 Å². The van der Waals surface area contributed by atoms with Crippen LogP contribution in [0.3, 0.4) is 0 Å². The molecule has 2 aromatic carbocycles. The zero-order valence-corrected chi connectivity index (χ0v) is 16.3. The van der Waals surface area contributed by atoms with Crippen molar-refractivity contribution in [3.05, 3.63) is 66.0 Å². The Labute approximate surface area is 165 Å². The predicted octanol–water partition coefficient (Wildman–Crippen LogP) is 4.44. The Bertz CT molecular complexity index is 1050. The van der Waals surface area contributed by atoms with E-state index in [1.165, 1.54) is 16.8 Å². The Hall–Kier alpha value is -2.95. The summed E-state index contributed by atoms with van der Waals surface area (Å²) in [6.45, 7) is 7.81. The van der Waals surface area contributed by atoms with Crippen LogP contribution in [0.5, 0.6) is 0 Å². The molecule has 28 heavy (non-hydrogen) atoms. The lowest BCUT2D eigenvalue weighted by atomic mass is 10.0. The maximum Gasteiger partial charge on any atom is 0.270 e. The van der Waals surface area contributed by atoms with Gasteiger partial charge in [-0.25, -0.2) is 0 Å². The number of carbonyl (C=O) groups is 1. The molecule has 1 aromatic heterocycles. The summed E-state index contributed by atoms with van der Waals surface area (Å²) in [6, 6.07) is 15.1. The first-order valence-corrected chi connectivity index (χ1v) is 9.96. The zero-order chi connectivity index (χ0) is 19.3. The number of nitrogens with zero attached hydrogens (tertiary/aromatic N) is 2. The number of anilines is 2. The third-order valence-corrected chi connectivity index (χ3v) is 5.99. The van der Waals surface area contributed by atoms with Gasteiger partial charge in [0.1, 0.15) is 12.4 Å². The maximum absolute atomic E-state index is 13.1. The van der Waals surface area contributed by atoms with Gasteiger partial charge in [0.2, 0.25) is 0 Å². The number of nitrogens with one attached hydrogen (secondary N) is 2. The number of benzene rings is 2. The summed E-state index contributed by atoms with van der Waals surface area (Å²) >= 11 is 0. The molecule has 3 heterocycles. The summed E-state index contributed by atoms with van der Waals surface area (Å²) in [6.07, 6.45) is 1.94. The number of H-pyrrole nitrogens is 1. The van der Waals surface area contributed by atoms with Crippen LogP contribution in [-0.4, -0.2) is 34.9 Å². The van der Waals surface area contributed by atoms with E-state index in [0.717, 1.165) is 42.5 Å². The number of fused-ring (bicyclic) bond motifs is 2. The molecule has 0 unspecified atom stereocenters. The van der Waals surface area contributed by atoms with Gasteiger partial charge in [-0.15, -0.1) is 0 Å². The van der Waals surface area contributed by atoms with Gasteiger partial charge in [0.25, 0.3) is 5.91 Å². The standard InChI is InChI=1S/C23H25N4O/c1-15-11-16(2)22-17(12-15)13-20(25-22)23(28)26-9-7-18(8-10-26)27-14-24-19-5-3-4-6-21(19)27/h3-6,11-14,18,24-25H,7-10H2,1-2H3. The first-order chi connectivity index (χ1) is 13.6. The molecule has 143 valence electrons. The van der Waals surface area contributed by atoms with Gasteiger partial charge in [-0.3, -0.25) is 4.79 Å². The molecule has 0 atom stereocenters. The minimum Gasteiger partial charge on any atom is -0.360 e. The van der Waals surface area contributed by atoms with E-state index in [9.17, 15) is 4.79 Å². The van der Waals surface area contributed by atoms with Crippen molar-refractivity contribution in [1.29, 1.82) is 0 Å². The highest BCUT2D eigenvalue weighted by Crippen LogP contribution is 2.36. The number of amides is 1. The van der Waals surface area contributed by atoms with Crippen molar-refractivity contribution in [2.75, 3.05) is 23.3 Å². The van der Waals surface area contributed by atoms with Crippen LogP contribution in [0.15, 0.2) is 42.5 Å². The molecule has 1 radical (unpaired) electrons. The van der Waals surface area contributed by atoms with E-state index in [0.29, 0.717) is 11.7 Å². The van der Waals surface area contributed by atoms with Gasteiger partial charge < -0.3 is 20.1 Å². The van der Waals surface area contributed by atoms with Crippen LogP contribution >= 0.6 is 0 Å². The lowest BCUT2D eigenvalue weighted by Gasteiger charge is -2.37. The zero-order valence-electron chi connectivity index (χ0n) is 16.3. The van der Waals surface area contributed by atoms with E-state index in [1.807, 2.05) is 17.0 Å². The van der Waals surface area contributed by atoms with Gasteiger partial charge in [0.05, 0.1) is 11.4 Å². The molecule has 3 aromatic rings. The number of hydrogen-bond acceptors (Lipinski definition) is 3. The molecule has 5 rings (SSSR count). The highest BCUT2D eigenvalue weighted by Gasteiger charge is 2.31. The van der Waals surface area contributed by atoms with Crippen molar-refractivity contribution in [2.45, 2.75) is 32.7 Å². The van der Waals surface area contributed by atoms with Gasteiger partial charge in [-0.1, -0.05) is 23.8 Å². The molecule has 1 saturated heterocycles. The second-order valence-electron chi connectivity index (χ2n) is 7.95. The minimum atomic E-state index is 0.107. The first kappa shape index (κ1) is 17.2. The topological polar surface area (TPSA) is 51.4 Å². The quantitative estimate of drug-likeness (QED) is 0.698. The lowest BCUT2D eigenvalue weighted by Crippen LogP contribution is -2.45. The molecule has 0 bridgehead atoms. The number of aromatic nitrogens is 1. The number of likely N-dealkylation sites (tertiary alicyclic amines) is 1. The van der Waals surface area contributed by atoms with Crippen molar-refractivity contribution in [1.82, 2.24) is 9.88 Å². The van der Waals surface area contributed by atoms with Crippen LogP contribution in [0.4, 0.5) is 11.4 Å². The summed E-state index contributed by atoms with van der Waals surface area (Å²) in [5.41, 5.74) is 6.56. The summed E-state index contributed by atoms with van der Waals surface area (Å²) < 4.78 is 0. The molecular formula is C23H25N4O. The molecule has 2 aliphatic heterocycles. The van der Waals surface area contributed by atoms with Gasteiger partial charge in [0, 0.05) is 30.0 Å². The molecule has 2 N–H and O–H groups in total. The largest absolute Gasteiger partial charge is 0.360 e. The van der Waals surface area contributed by atoms with Crippen molar-refractivity contribution in [2.24, 2.45) is 0 Å². The minimum absolute atomic E-state index is 0.107. The predicted molar refractivity (Wildman–Crippen MR) is 114 cm³/mol. The average molecular weight is 373 g/mol. The molecule has 5 nitrogen and oxygen atoms in total. The number of para-hydroxylation sites is 2. The lowest BCUT2D eigenvalue weighted by molar-refractivity contribution is 0.0709. The van der Waals surface area contributed by atoms with E-state index < -0.39 is 0 Å². The number of hydrogen-bond donors (Lipinski definition) is 2. The van der Waals surface area contributed by atoms with Crippen LogP contribution in [0.2, 0.25) is 0 Å². The van der Waals surface area contributed by atoms with Gasteiger partial charge in [0.15, 0.2) is 0 Å².